The van der Waals surface area contributed by atoms with Gasteiger partial charge >= 0.3 is 0 Å². The van der Waals surface area contributed by atoms with Gasteiger partial charge in [-0.15, -0.1) is 12.4 Å². The molecule has 2 unspecified atom stereocenters. The van der Waals surface area contributed by atoms with Crippen molar-refractivity contribution >= 4 is 12.4 Å². The number of piperazine rings is 1. The summed E-state index contributed by atoms with van der Waals surface area (Å²) in [5.74, 6) is 0. The molecule has 126 valence electrons. The summed E-state index contributed by atoms with van der Waals surface area (Å²) in [6, 6.07) is 22.0. The second kappa shape index (κ2) is 10.4. The largest absolute Gasteiger partial charge is 0.312 e. The van der Waals surface area contributed by atoms with E-state index in [4.69, 9.17) is 0 Å². The quantitative estimate of drug-likeness (QED) is 0.883. The zero-order chi connectivity index (χ0) is 15.8. The second-order valence-corrected chi connectivity index (χ2v) is 6.03. The van der Waals surface area contributed by atoms with E-state index in [0.29, 0.717) is 12.1 Å². The van der Waals surface area contributed by atoms with Crippen molar-refractivity contribution in [3.8, 4) is 0 Å². The molecule has 3 rings (SSSR count). The molecule has 2 N–H and O–H groups in total. The van der Waals surface area contributed by atoms with Crippen LogP contribution >= 0.6 is 12.4 Å². The molecule has 2 atom stereocenters. The van der Waals surface area contributed by atoms with Crippen LogP contribution in [0.25, 0.3) is 0 Å². The van der Waals surface area contributed by atoms with E-state index in [-0.39, 0.29) is 12.4 Å². The van der Waals surface area contributed by atoms with Gasteiger partial charge in [-0.3, -0.25) is 0 Å². The molecule has 0 aliphatic carbocycles. The van der Waals surface area contributed by atoms with Gasteiger partial charge in [0.25, 0.3) is 0 Å². The lowest BCUT2D eigenvalue weighted by atomic mass is 9.92. The normalized spacial score (nSPS) is 20.2. The van der Waals surface area contributed by atoms with Crippen molar-refractivity contribution in [2.24, 2.45) is 0 Å². The highest BCUT2D eigenvalue weighted by Crippen LogP contribution is 2.30. The van der Waals surface area contributed by atoms with Gasteiger partial charge in [0, 0.05) is 13.1 Å². The third kappa shape index (κ3) is 6.32. The van der Waals surface area contributed by atoms with Gasteiger partial charge in [-0.2, -0.15) is 0 Å². The fraction of sp³-hybridized carbons (Fsp3) is 0.368. The van der Waals surface area contributed by atoms with Gasteiger partial charge in [0.1, 0.15) is 0 Å². The molecule has 0 saturated carbocycles. The van der Waals surface area contributed by atoms with E-state index < -0.39 is 0 Å². The Morgan fingerprint density at radius 1 is 0.696 bits per heavy atom. The van der Waals surface area contributed by atoms with Gasteiger partial charge in [0.05, 0.1) is 12.1 Å². The molecule has 0 bridgehead atoms. The van der Waals surface area contributed by atoms with Crippen LogP contribution in [0.1, 0.15) is 23.2 Å². The second-order valence-electron chi connectivity index (χ2n) is 6.03. The Morgan fingerprint density at radius 2 is 1.00 bits per heavy atom. The highest BCUT2D eigenvalue weighted by atomic mass is 35.5. The van der Waals surface area contributed by atoms with Crippen molar-refractivity contribution in [1.82, 2.24) is 15.5 Å². The Hall–Kier alpha value is -1.39. The molecule has 1 aliphatic rings. The van der Waals surface area contributed by atoms with E-state index in [1.54, 1.807) is 0 Å². The van der Waals surface area contributed by atoms with Crippen molar-refractivity contribution in [2.45, 2.75) is 12.1 Å². The maximum absolute atomic E-state index is 3.62. The van der Waals surface area contributed by atoms with Crippen molar-refractivity contribution in [3.63, 3.8) is 0 Å². The van der Waals surface area contributed by atoms with E-state index in [0.717, 1.165) is 13.1 Å². The number of rotatable bonds is 2. The molecule has 0 amide bonds. The van der Waals surface area contributed by atoms with Crippen LogP contribution in [0.5, 0.6) is 0 Å². The topological polar surface area (TPSA) is 27.3 Å². The highest BCUT2D eigenvalue weighted by molar-refractivity contribution is 5.85. The molecular formula is C19H28ClN3. The number of hydrogen-bond acceptors (Lipinski definition) is 3. The van der Waals surface area contributed by atoms with Crippen LogP contribution in [0, 0.1) is 0 Å². The zero-order valence-electron chi connectivity index (χ0n) is 14.2. The Kier molecular flexibility index (Phi) is 8.89. The van der Waals surface area contributed by atoms with Crippen molar-refractivity contribution in [3.05, 3.63) is 71.8 Å². The van der Waals surface area contributed by atoms with Crippen LogP contribution < -0.4 is 10.6 Å². The van der Waals surface area contributed by atoms with Gasteiger partial charge in [0.15, 0.2) is 0 Å². The van der Waals surface area contributed by atoms with Crippen LogP contribution in [0.3, 0.4) is 0 Å². The number of nitrogens with one attached hydrogen (secondary N) is 2. The Bertz CT molecular complexity index is 481. The molecule has 0 aromatic heterocycles. The lowest BCUT2D eigenvalue weighted by molar-refractivity contribution is 0.333. The third-order valence-corrected chi connectivity index (χ3v) is 3.50. The molecule has 1 aliphatic heterocycles. The number of nitrogens with zero attached hydrogens (tertiary/aromatic N) is 1. The first-order valence-electron chi connectivity index (χ1n) is 7.86. The minimum absolute atomic E-state index is 0. The molecular weight excluding hydrogens is 306 g/mol. The molecule has 4 heteroatoms. The number of halogens is 1. The lowest BCUT2D eigenvalue weighted by Gasteiger charge is -2.34. The minimum atomic E-state index is 0. The van der Waals surface area contributed by atoms with E-state index >= 15 is 0 Å². The molecule has 0 radical (unpaired) electrons. The summed E-state index contributed by atoms with van der Waals surface area (Å²) in [5.41, 5.74) is 2.69. The summed E-state index contributed by atoms with van der Waals surface area (Å²) >= 11 is 0. The predicted octanol–water partition coefficient (Wildman–Crippen LogP) is 3.26. The monoisotopic (exact) mass is 333 g/mol. The molecule has 3 nitrogen and oxygen atoms in total. The molecule has 1 saturated heterocycles. The smallest absolute Gasteiger partial charge is 0.0518 e. The third-order valence-electron chi connectivity index (χ3n) is 3.50. The minimum Gasteiger partial charge on any atom is -0.312 e. The summed E-state index contributed by atoms with van der Waals surface area (Å²) in [5, 5.41) is 7.24. The van der Waals surface area contributed by atoms with Crippen LogP contribution in [0.4, 0.5) is 0 Å². The average Bonchev–Trinajstić information content (AvgIpc) is 2.56. The molecule has 23 heavy (non-hydrogen) atoms. The maximum Gasteiger partial charge on any atom is 0.0518 e. The first-order chi connectivity index (χ1) is 10.7. The van der Waals surface area contributed by atoms with Gasteiger partial charge in [-0.1, -0.05) is 60.7 Å². The molecule has 2 aromatic rings. The molecule has 2 aromatic carbocycles. The SMILES string of the molecule is CN(C)C.Cl.c1ccc(C2NCCNC2c2ccccc2)cc1. The van der Waals surface area contributed by atoms with E-state index in [9.17, 15) is 0 Å². The van der Waals surface area contributed by atoms with Gasteiger partial charge in [-0.05, 0) is 32.3 Å². The standard InChI is InChI=1S/C16H18N2.C3H9N.ClH/c1-3-7-13(8-4-1)15-16(18-12-11-17-15)14-9-5-2-6-10-14;1-4(2)3;/h1-10,15-18H,11-12H2;1-3H3;1H. The molecule has 1 fully saturated rings. The van der Waals surface area contributed by atoms with Crippen LogP contribution in [0.2, 0.25) is 0 Å². The Labute approximate surface area is 146 Å². The van der Waals surface area contributed by atoms with Crippen molar-refractivity contribution in [2.75, 3.05) is 34.2 Å². The fourth-order valence-corrected chi connectivity index (χ4v) is 2.63. The number of hydrogen-bond donors (Lipinski definition) is 2. The van der Waals surface area contributed by atoms with Gasteiger partial charge in [0.2, 0.25) is 0 Å². The first kappa shape index (κ1) is 19.7. The lowest BCUT2D eigenvalue weighted by Crippen LogP contribution is -2.45. The summed E-state index contributed by atoms with van der Waals surface area (Å²) < 4.78 is 0. The highest BCUT2D eigenvalue weighted by Gasteiger charge is 2.26. The predicted molar refractivity (Wildman–Crippen MR) is 101 cm³/mol. The number of benzene rings is 2. The van der Waals surface area contributed by atoms with Gasteiger partial charge < -0.3 is 15.5 Å². The van der Waals surface area contributed by atoms with Gasteiger partial charge in [-0.25, -0.2) is 0 Å². The average molecular weight is 334 g/mol. The van der Waals surface area contributed by atoms with E-state index in [1.165, 1.54) is 11.1 Å². The van der Waals surface area contributed by atoms with E-state index in [2.05, 4.69) is 71.3 Å². The summed E-state index contributed by atoms with van der Waals surface area (Å²) in [4.78, 5) is 2.00. The summed E-state index contributed by atoms with van der Waals surface area (Å²) in [6.07, 6.45) is 0. The summed E-state index contributed by atoms with van der Waals surface area (Å²) in [6.45, 7) is 2.03. The van der Waals surface area contributed by atoms with E-state index in [1.807, 2.05) is 26.0 Å². The van der Waals surface area contributed by atoms with Crippen LogP contribution in [0.15, 0.2) is 60.7 Å². The van der Waals surface area contributed by atoms with Crippen molar-refractivity contribution in [1.29, 1.82) is 0 Å². The summed E-state index contributed by atoms with van der Waals surface area (Å²) in [7, 11) is 6.00. The molecule has 1 heterocycles. The van der Waals surface area contributed by atoms with Crippen LogP contribution in [-0.2, 0) is 0 Å². The zero-order valence-corrected chi connectivity index (χ0v) is 15.0. The van der Waals surface area contributed by atoms with Crippen molar-refractivity contribution < 1.29 is 0 Å². The first-order valence-corrected chi connectivity index (χ1v) is 7.86. The Balaban J connectivity index is 0.000000478. The Morgan fingerprint density at radius 3 is 1.30 bits per heavy atom. The maximum atomic E-state index is 3.62. The van der Waals surface area contributed by atoms with Crippen LogP contribution in [-0.4, -0.2) is 39.1 Å². The fourth-order valence-electron chi connectivity index (χ4n) is 2.63. The molecule has 0 spiro atoms.